The number of ether oxygens (including phenoxy) is 1. The van der Waals surface area contributed by atoms with E-state index in [9.17, 15) is 14.4 Å². The summed E-state index contributed by atoms with van der Waals surface area (Å²) in [6.45, 7) is 3.90. The van der Waals surface area contributed by atoms with Gasteiger partial charge in [-0.1, -0.05) is 23.7 Å². The van der Waals surface area contributed by atoms with Gasteiger partial charge in [0.15, 0.2) is 17.5 Å². The van der Waals surface area contributed by atoms with Crippen molar-refractivity contribution in [3.63, 3.8) is 0 Å². The molecule has 5 heterocycles. The van der Waals surface area contributed by atoms with Crippen LogP contribution in [-0.4, -0.2) is 124 Å². The number of rotatable bonds is 8. The van der Waals surface area contributed by atoms with Crippen molar-refractivity contribution in [2.45, 2.75) is 6.42 Å². The maximum atomic E-state index is 15.6. The van der Waals surface area contributed by atoms with Crippen LogP contribution in [0.1, 0.15) is 27.4 Å². The van der Waals surface area contributed by atoms with Crippen molar-refractivity contribution in [3.05, 3.63) is 95.2 Å². The monoisotopic (exact) mass is 788 g/mol. The fraction of sp³-hybridized carbons (Fsp3) is 0.308. The molecule has 0 saturated carbocycles. The van der Waals surface area contributed by atoms with Gasteiger partial charge >= 0.3 is 0 Å². The Balaban J connectivity index is 0.00000127. The topological polar surface area (TPSA) is 155 Å². The number of hydrogen-bond donors (Lipinski definition) is 2. The number of halogens is 3. The van der Waals surface area contributed by atoms with Gasteiger partial charge in [-0.25, -0.2) is 13.8 Å². The van der Waals surface area contributed by atoms with Crippen LogP contribution < -0.4 is 5.32 Å². The van der Waals surface area contributed by atoms with E-state index in [0.29, 0.717) is 55.3 Å². The van der Waals surface area contributed by atoms with Crippen LogP contribution in [0.2, 0.25) is 5.02 Å². The van der Waals surface area contributed by atoms with Crippen molar-refractivity contribution in [3.8, 4) is 33.8 Å². The first kappa shape index (κ1) is 39.7. The number of nitrogens with one attached hydrogen (secondary N) is 2. The summed E-state index contributed by atoms with van der Waals surface area (Å²) < 4.78 is 37.2. The largest absolute Gasteiger partial charge is 0.471 e. The van der Waals surface area contributed by atoms with Crippen molar-refractivity contribution < 1.29 is 37.2 Å². The molecule has 2 saturated heterocycles. The summed E-state index contributed by atoms with van der Waals surface area (Å²) >= 11 is 6.53. The highest BCUT2D eigenvalue weighted by molar-refractivity contribution is 6.34. The second-order valence-corrected chi connectivity index (χ2v) is 14.5. The molecule has 17 heteroatoms. The minimum atomic E-state index is -1.11. The number of aromatic amines is 1. The molecule has 2 aliphatic heterocycles. The van der Waals surface area contributed by atoms with Crippen molar-refractivity contribution >= 4 is 41.5 Å². The maximum Gasteiger partial charge on any atom is 0.292 e. The number of quaternary nitrogens is 1. The fourth-order valence-electron chi connectivity index (χ4n) is 7.02. The number of amides is 3. The lowest BCUT2D eigenvalue weighted by molar-refractivity contribution is -0.878. The summed E-state index contributed by atoms with van der Waals surface area (Å²) in [5, 5.41) is 9.67. The lowest BCUT2D eigenvalue weighted by Crippen LogP contribution is -2.52. The lowest BCUT2D eigenvalue weighted by atomic mass is 10.0. The Morgan fingerprint density at radius 1 is 0.964 bits per heavy atom. The zero-order chi connectivity index (χ0) is 40.1. The van der Waals surface area contributed by atoms with Gasteiger partial charge in [0, 0.05) is 68.2 Å². The molecule has 56 heavy (non-hydrogen) atoms. The van der Waals surface area contributed by atoms with Gasteiger partial charge in [0.25, 0.3) is 18.3 Å². The third kappa shape index (κ3) is 8.30. The van der Waals surface area contributed by atoms with Crippen molar-refractivity contribution in [2.75, 3.05) is 65.8 Å². The number of H-pyrrole nitrogens is 1. The molecule has 7 rings (SSSR count). The molecular weight excluding hydrogens is 748 g/mol. The second-order valence-electron chi connectivity index (χ2n) is 14.1. The fourth-order valence-corrected chi connectivity index (χ4v) is 7.28. The normalized spacial score (nSPS) is 16.2. The minimum absolute atomic E-state index is 0.00471. The first-order chi connectivity index (χ1) is 26.8. The van der Waals surface area contributed by atoms with Crippen LogP contribution in [0.4, 0.5) is 14.5 Å². The lowest BCUT2D eigenvalue weighted by Gasteiger charge is -2.36. The number of likely N-dealkylation sites (tertiary alicyclic amines) is 1. The molecule has 3 aromatic heterocycles. The minimum Gasteiger partial charge on any atom is -0.471 e. The number of pyridine rings is 1. The van der Waals surface area contributed by atoms with E-state index in [4.69, 9.17) is 16.4 Å². The number of aromatic nitrogens is 5. The predicted octanol–water partition coefficient (Wildman–Crippen LogP) is 4.89. The molecule has 1 unspecified atom stereocenters. The highest BCUT2D eigenvalue weighted by Crippen LogP contribution is 2.35. The molecule has 14 nitrogen and oxygen atoms in total. The van der Waals surface area contributed by atoms with Crippen LogP contribution >= 0.6 is 11.6 Å². The Bertz CT molecular complexity index is 2250. The molecule has 3 amide bonds. The van der Waals surface area contributed by atoms with Crippen LogP contribution in [0, 0.1) is 17.6 Å². The van der Waals surface area contributed by atoms with E-state index in [1.807, 2.05) is 4.90 Å². The van der Waals surface area contributed by atoms with Crippen LogP contribution in [-0.2, 0) is 21.4 Å². The average molecular weight is 789 g/mol. The molecule has 2 aliphatic rings. The summed E-state index contributed by atoms with van der Waals surface area (Å²) in [6, 6.07) is 12.7. The first-order valence-corrected chi connectivity index (χ1v) is 18.1. The third-order valence-corrected chi connectivity index (χ3v) is 10.3. The quantitative estimate of drug-likeness (QED) is 0.166. The van der Waals surface area contributed by atoms with Gasteiger partial charge in [-0.2, -0.15) is 5.10 Å². The van der Waals surface area contributed by atoms with Crippen molar-refractivity contribution in [1.29, 1.82) is 0 Å². The summed E-state index contributed by atoms with van der Waals surface area (Å²) in [4.78, 5) is 60.6. The molecule has 5 aromatic rings. The average Bonchev–Trinajstić information content (AvgIpc) is 3.94. The van der Waals surface area contributed by atoms with Gasteiger partial charge in [-0.15, -0.1) is 0 Å². The zero-order valence-electron chi connectivity index (χ0n) is 31.3. The second kappa shape index (κ2) is 16.8. The number of benzene rings is 2. The number of nitrogens with zero attached hydrogens (tertiary/aromatic N) is 7. The molecule has 0 radical (unpaired) electrons. The van der Waals surface area contributed by atoms with Crippen molar-refractivity contribution in [2.24, 2.45) is 13.0 Å². The molecular formula is C39H41ClF2N9O5+. The molecule has 1 atom stereocenters. The Morgan fingerprint density at radius 3 is 2.30 bits per heavy atom. The zero-order valence-corrected chi connectivity index (χ0v) is 32.0. The number of methoxy groups -OCH3 is 1. The van der Waals surface area contributed by atoms with Gasteiger partial charge in [-0.05, 0) is 36.4 Å². The number of anilines is 1. The van der Waals surface area contributed by atoms with Crippen molar-refractivity contribution in [1.82, 2.24) is 34.5 Å². The number of hydrogen-bond acceptors (Lipinski definition) is 8. The van der Waals surface area contributed by atoms with E-state index in [2.05, 4.69) is 44.3 Å². The molecule has 292 valence electrons. The molecule has 0 spiro atoms. The van der Waals surface area contributed by atoms with E-state index >= 15 is 8.78 Å². The van der Waals surface area contributed by atoms with Crippen LogP contribution in [0.5, 0.6) is 0 Å². The molecule has 2 N–H and O–H groups in total. The molecule has 0 aliphatic carbocycles. The smallest absolute Gasteiger partial charge is 0.292 e. The van der Waals surface area contributed by atoms with Gasteiger partial charge in [0.1, 0.15) is 0 Å². The summed E-state index contributed by atoms with van der Waals surface area (Å²) in [6.07, 6.45) is 5.16. The summed E-state index contributed by atoms with van der Waals surface area (Å²) in [5.41, 5.74) is 1.98. The standard InChI is InChI=1S/C37H36ClF2N9O3.C2H4O2/c1-46-30(26-10-9-24(31(39)32(26)40)27-19-43-45-33(27)29-6-4-5-12-41-29)20-42-34(46)35(50)44-23-7-8-25(28(38)18-23)37(52)48-15-13-47(14-16-48)36(51)22-11-17-49(2,3)21-22;1-4-2-3/h4-10,12,18-20,22H,11,13-17,21H2,1-3H3,(H-,41,43,44,45,50,52);2H,1H3/p+1. The number of carbonyl (C=O) groups excluding carboxylic acids is 4. The van der Waals surface area contributed by atoms with Crippen LogP contribution in [0.3, 0.4) is 0 Å². The summed E-state index contributed by atoms with van der Waals surface area (Å²) in [5.74, 6) is -2.97. The molecule has 2 aromatic carbocycles. The molecule has 2 fully saturated rings. The van der Waals surface area contributed by atoms with E-state index in [1.165, 1.54) is 49.3 Å². The molecule has 0 bridgehead atoms. The predicted molar refractivity (Wildman–Crippen MR) is 204 cm³/mol. The SMILES string of the molecule is COC=O.Cn1c(-c2ccc(-c3cn[nH]c3-c3ccccn3)c(F)c2F)cnc1C(=O)Nc1ccc(C(=O)N2CCN(C(=O)C3CC[N+](C)(C)C3)CC2)c(Cl)c1. The van der Waals surface area contributed by atoms with E-state index in [-0.39, 0.29) is 51.0 Å². The Labute approximate surface area is 326 Å². The van der Waals surface area contributed by atoms with E-state index < -0.39 is 17.5 Å². The first-order valence-electron chi connectivity index (χ1n) is 17.8. The Hall–Kier alpha value is -6.00. The Morgan fingerprint density at radius 2 is 1.66 bits per heavy atom. The van der Waals surface area contributed by atoms with Gasteiger partial charge in [-0.3, -0.25) is 29.3 Å². The van der Waals surface area contributed by atoms with Crippen LogP contribution in [0.15, 0.2) is 67.1 Å². The third-order valence-electron chi connectivity index (χ3n) is 9.98. The number of piperazine rings is 1. The van der Waals surface area contributed by atoms with E-state index in [0.717, 1.165) is 24.0 Å². The van der Waals surface area contributed by atoms with Gasteiger partial charge in [0.2, 0.25) is 5.91 Å². The number of carbonyl (C=O) groups is 4. The highest BCUT2D eigenvalue weighted by Gasteiger charge is 2.38. The van der Waals surface area contributed by atoms with E-state index in [1.54, 1.807) is 41.4 Å². The summed E-state index contributed by atoms with van der Waals surface area (Å²) in [7, 11) is 7.10. The Kier molecular flexibility index (Phi) is 11.9. The van der Waals surface area contributed by atoms with Gasteiger partial charge < -0.3 is 28.9 Å². The maximum absolute atomic E-state index is 15.6. The number of imidazole rings is 1. The van der Waals surface area contributed by atoms with Crippen LogP contribution in [0.25, 0.3) is 33.8 Å². The highest BCUT2D eigenvalue weighted by atomic mass is 35.5. The van der Waals surface area contributed by atoms with Gasteiger partial charge in [0.05, 0.1) is 80.3 Å².